The Kier molecular flexibility index (Phi) is 7.10. The number of hydrogen-bond donors (Lipinski definition) is 1. The van der Waals surface area contributed by atoms with E-state index < -0.39 is 34.7 Å². The summed E-state index contributed by atoms with van der Waals surface area (Å²) in [7, 11) is 1.44. The molecule has 0 saturated heterocycles. The number of hydrogen-bond acceptors (Lipinski definition) is 4. The molecule has 0 bridgehead atoms. The van der Waals surface area contributed by atoms with Crippen LogP contribution in [-0.4, -0.2) is 26.0 Å². The Morgan fingerprint density at radius 3 is 2.25 bits per heavy atom. The highest BCUT2D eigenvalue weighted by molar-refractivity contribution is 6.39. The van der Waals surface area contributed by atoms with Crippen LogP contribution >= 0.6 is 23.2 Å². The van der Waals surface area contributed by atoms with Crippen molar-refractivity contribution < 1.29 is 19.1 Å². The fraction of sp³-hybridized carbons (Fsp3) is 0.154. The first-order valence-corrected chi connectivity index (χ1v) is 11.5. The molecule has 0 aliphatic rings. The molecule has 0 aliphatic carbocycles. The van der Waals surface area contributed by atoms with Crippen LogP contribution in [0.5, 0.6) is 0 Å². The smallest absolute Gasteiger partial charge is 0.335 e. The van der Waals surface area contributed by atoms with Crippen LogP contribution in [0, 0.1) is 11.7 Å². The average molecular weight is 529 g/mol. The molecule has 4 aromatic rings. The summed E-state index contributed by atoms with van der Waals surface area (Å²) in [5.74, 6) is -3.27. The fourth-order valence-corrected chi connectivity index (χ4v) is 4.66. The highest BCUT2D eigenvalue weighted by Gasteiger charge is 2.25. The van der Waals surface area contributed by atoms with Crippen molar-refractivity contribution >= 4 is 45.9 Å². The van der Waals surface area contributed by atoms with Gasteiger partial charge in [-0.1, -0.05) is 41.4 Å². The molecule has 1 aromatic heterocycles. The van der Waals surface area contributed by atoms with Gasteiger partial charge in [0, 0.05) is 13.5 Å². The van der Waals surface area contributed by atoms with Crippen LogP contribution in [0.2, 0.25) is 10.0 Å². The molecule has 0 saturated carbocycles. The van der Waals surface area contributed by atoms with Crippen molar-refractivity contribution in [3.63, 3.8) is 0 Å². The summed E-state index contributed by atoms with van der Waals surface area (Å²) in [6, 6.07) is 14.4. The zero-order valence-corrected chi connectivity index (χ0v) is 20.4. The van der Waals surface area contributed by atoms with E-state index in [1.807, 2.05) is 0 Å². The standard InChI is InChI=1S/C26H19Cl2FN2O5/c1-30-21-13-16(29)7-10-18(21)24(33)31(26(30)36)17-8-5-14(6-9-17)11-15(25(34)35)12-22(32)23-19(27)3-2-4-20(23)28/h2-10,13,15H,11-12H2,1H3,(H,34,35). The fourth-order valence-electron chi connectivity index (χ4n) is 4.05. The van der Waals surface area contributed by atoms with Gasteiger partial charge in [-0.2, -0.15) is 0 Å². The number of ketones is 1. The number of nitrogens with zero attached hydrogens (tertiary/aromatic N) is 2. The van der Waals surface area contributed by atoms with Gasteiger partial charge in [0.05, 0.1) is 38.1 Å². The average Bonchev–Trinajstić information content (AvgIpc) is 2.83. The van der Waals surface area contributed by atoms with Gasteiger partial charge in [0.2, 0.25) is 0 Å². The number of aromatic nitrogens is 2. The molecule has 3 aromatic carbocycles. The predicted molar refractivity (Wildman–Crippen MR) is 135 cm³/mol. The van der Waals surface area contributed by atoms with Gasteiger partial charge >= 0.3 is 11.7 Å². The molecule has 0 amide bonds. The van der Waals surface area contributed by atoms with Gasteiger partial charge in [-0.25, -0.2) is 13.8 Å². The Morgan fingerprint density at radius 2 is 1.64 bits per heavy atom. The lowest BCUT2D eigenvalue weighted by atomic mass is 9.92. The molecule has 10 heteroatoms. The highest BCUT2D eigenvalue weighted by Crippen LogP contribution is 2.27. The van der Waals surface area contributed by atoms with E-state index in [-0.39, 0.29) is 45.0 Å². The third kappa shape index (κ3) is 4.82. The molecule has 1 unspecified atom stereocenters. The SMILES string of the molecule is Cn1c(=O)n(-c2ccc(CC(CC(=O)c3c(Cl)cccc3Cl)C(=O)O)cc2)c(=O)c2ccc(F)cc21. The van der Waals surface area contributed by atoms with Crippen LogP contribution in [0.4, 0.5) is 4.39 Å². The van der Waals surface area contributed by atoms with E-state index in [0.29, 0.717) is 5.56 Å². The lowest BCUT2D eigenvalue weighted by Crippen LogP contribution is -2.37. The van der Waals surface area contributed by atoms with Gasteiger partial charge in [-0.15, -0.1) is 0 Å². The Morgan fingerprint density at radius 1 is 1.00 bits per heavy atom. The molecule has 1 heterocycles. The number of carbonyl (C=O) groups excluding carboxylic acids is 1. The van der Waals surface area contributed by atoms with Crippen molar-refractivity contribution in [1.82, 2.24) is 9.13 Å². The molecule has 7 nitrogen and oxygen atoms in total. The minimum Gasteiger partial charge on any atom is -0.481 e. The monoisotopic (exact) mass is 528 g/mol. The van der Waals surface area contributed by atoms with Gasteiger partial charge in [0.1, 0.15) is 5.82 Å². The van der Waals surface area contributed by atoms with Gasteiger partial charge in [-0.3, -0.25) is 19.0 Å². The number of carbonyl (C=O) groups is 2. The van der Waals surface area contributed by atoms with Crippen molar-refractivity contribution in [2.75, 3.05) is 0 Å². The Labute approximate surface area is 213 Å². The Balaban J connectivity index is 1.62. The zero-order valence-electron chi connectivity index (χ0n) is 18.9. The van der Waals surface area contributed by atoms with Crippen molar-refractivity contribution in [1.29, 1.82) is 0 Å². The van der Waals surface area contributed by atoms with Crippen LogP contribution in [0.1, 0.15) is 22.3 Å². The van der Waals surface area contributed by atoms with Crippen LogP contribution in [0.15, 0.2) is 70.3 Å². The summed E-state index contributed by atoms with van der Waals surface area (Å²) in [6.07, 6.45) is -0.297. The summed E-state index contributed by atoms with van der Waals surface area (Å²) in [6.45, 7) is 0. The van der Waals surface area contributed by atoms with Gasteiger partial charge in [0.25, 0.3) is 5.56 Å². The summed E-state index contributed by atoms with van der Waals surface area (Å²) in [5, 5.41) is 10.2. The van der Waals surface area contributed by atoms with Crippen LogP contribution in [0.25, 0.3) is 16.6 Å². The normalized spacial score (nSPS) is 12.0. The van der Waals surface area contributed by atoms with E-state index >= 15 is 0 Å². The van der Waals surface area contributed by atoms with E-state index in [1.54, 1.807) is 18.2 Å². The maximum Gasteiger partial charge on any atom is 0.335 e. The molecule has 0 fully saturated rings. The maximum absolute atomic E-state index is 13.6. The van der Waals surface area contributed by atoms with E-state index in [9.17, 15) is 28.7 Å². The van der Waals surface area contributed by atoms with Crippen molar-refractivity contribution in [3.05, 3.63) is 108 Å². The van der Waals surface area contributed by atoms with Gasteiger partial charge in [0.15, 0.2) is 5.78 Å². The number of Topliss-reactive ketones (excluding diaryl/α,β-unsaturated/α-hetero) is 1. The molecule has 0 spiro atoms. The second-order valence-corrected chi connectivity index (χ2v) is 9.09. The summed E-state index contributed by atoms with van der Waals surface area (Å²) < 4.78 is 15.8. The summed E-state index contributed by atoms with van der Waals surface area (Å²) in [4.78, 5) is 50.4. The topological polar surface area (TPSA) is 98.4 Å². The van der Waals surface area contributed by atoms with Crippen LogP contribution in [-0.2, 0) is 18.3 Å². The molecular weight excluding hydrogens is 510 g/mol. The minimum atomic E-state index is -1.16. The predicted octanol–water partition coefficient (Wildman–Crippen LogP) is 4.65. The first-order valence-electron chi connectivity index (χ1n) is 10.8. The van der Waals surface area contributed by atoms with Crippen LogP contribution < -0.4 is 11.2 Å². The third-order valence-corrected chi connectivity index (χ3v) is 6.56. The lowest BCUT2D eigenvalue weighted by molar-refractivity contribution is -0.141. The molecule has 0 aliphatic heterocycles. The van der Waals surface area contributed by atoms with Crippen LogP contribution in [0.3, 0.4) is 0 Å². The number of aliphatic carboxylic acids is 1. The number of carboxylic acid groups (broad SMARTS) is 1. The highest BCUT2D eigenvalue weighted by atomic mass is 35.5. The van der Waals surface area contributed by atoms with E-state index in [0.717, 1.165) is 16.7 Å². The number of fused-ring (bicyclic) bond motifs is 1. The Bertz CT molecular complexity index is 1610. The quantitative estimate of drug-likeness (QED) is 0.352. The first kappa shape index (κ1) is 25.3. The number of benzene rings is 3. The van der Waals surface area contributed by atoms with Crippen molar-refractivity contribution in [3.8, 4) is 5.69 Å². The summed E-state index contributed by atoms with van der Waals surface area (Å²) >= 11 is 12.2. The molecule has 1 N–H and O–H groups in total. The second-order valence-electron chi connectivity index (χ2n) is 8.27. The molecular formula is C26H19Cl2FN2O5. The van der Waals surface area contributed by atoms with Crippen molar-refractivity contribution in [2.24, 2.45) is 13.0 Å². The molecule has 184 valence electrons. The number of halogens is 3. The first-order chi connectivity index (χ1) is 17.1. The molecule has 36 heavy (non-hydrogen) atoms. The number of carboxylic acids is 1. The zero-order chi connectivity index (χ0) is 26.1. The van der Waals surface area contributed by atoms with E-state index in [1.165, 1.54) is 41.9 Å². The summed E-state index contributed by atoms with van der Waals surface area (Å²) in [5.41, 5.74) is -0.166. The van der Waals surface area contributed by atoms with Crippen molar-refractivity contribution in [2.45, 2.75) is 12.8 Å². The lowest BCUT2D eigenvalue weighted by Gasteiger charge is -2.14. The Hall–Kier alpha value is -3.75. The number of rotatable bonds is 7. The largest absolute Gasteiger partial charge is 0.481 e. The molecule has 0 radical (unpaired) electrons. The molecule has 1 atom stereocenters. The van der Waals surface area contributed by atoms with Gasteiger partial charge < -0.3 is 5.11 Å². The number of aryl methyl sites for hydroxylation is 1. The van der Waals surface area contributed by atoms with Gasteiger partial charge in [-0.05, 0) is 54.4 Å². The molecule has 4 rings (SSSR count). The maximum atomic E-state index is 13.6. The second kappa shape index (κ2) is 10.1. The van der Waals surface area contributed by atoms with E-state index in [4.69, 9.17) is 23.2 Å². The minimum absolute atomic E-state index is 0.0212. The van der Waals surface area contributed by atoms with E-state index in [2.05, 4.69) is 0 Å². The third-order valence-electron chi connectivity index (χ3n) is 5.93.